The molecule has 5 heteroatoms. The SMILES string of the molecule is Cc1nn(Cc2ccccc2)c(C)c1CNC(=O)CCC1CCNCC1. The maximum atomic E-state index is 12.2. The van der Waals surface area contributed by atoms with Crippen molar-refractivity contribution in [3.05, 3.63) is 52.8 Å². The number of nitrogens with zero attached hydrogens (tertiary/aromatic N) is 2. The molecule has 0 bridgehead atoms. The molecule has 3 rings (SSSR count). The van der Waals surface area contributed by atoms with Gasteiger partial charge in [0, 0.05) is 24.2 Å². The van der Waals surface area contributed by atoms with Crippen molar-refractivity contribution in [1.29, 1.82) is 0 Å². The molecular formula is C21H30N4O. The van der Waals surface area contributed by atoms with Crippen LogP contribution >= 0.6 is 0 Å². The fraction of sp³-hybridized carbons (Fsp3) is 0.524. The van der Waals surface area contributed by atoms with Crippen LogP contribution in [0.4, 0.5) is 0 Å². The molecule has 0 unspecified atom stereocenters. The highest BCUT2D eigenvalue weighted by Crippen LogP contribution is 2.18. The molecule has 0 saturated carbocycles. The molecule has 0 radical (unpaired) electrons. The molecule has 0 atom stereocenters. The summed E-state index contributed by atoms with van der Waals surface area (Å²) in [5, 5.41) is 11.1. The van der Waals surface area contributed by atoms with Gasteiger partial charge in [0.25, 0.3) is 0 Å². The van der Waals surface area contributed by atoms with Crippen LogP contribution in [0.5, 0.6) is 0 Å². The summed E-state index contributed by atoms with van der Waals surface area (Å²) in [6, 6.07) is 10.3. The van der Waals surface area contributed by atoms with Crippen molar-refractivity contribution in [2.24, 2.45) is 5.92 Å². The maximum Gasteiger partial charge on any atom is 0.220 e. The standard InChI is InChI=1S/C21H30N4O/c1-16-20(14-23-21(26)9-8-18-10-12-22-13-11-18)17(2)25(24-16)15-19-6-4-3-5-7-19/h3-7,18,22H,8-15H2,1-2H3,(H,23,26). The van der Waals surface area contributed by atoms with Crippen LogP contribution in [0.15, 0.2) is 30.3 Å². The van der Waals surface area contributed by atoms with Gasteiger partial charge >= 0.3 is 0 Å². The minimum atomic E-state index is 0.151. The van der Waals surface area contributed by atoms with Gasteiger partial charge < -0.3 is 10.6 Å². The zero-order valence-electron chi connectivity index (χ0n) is 15.9. The van der Waals surface area contributed by atoms with Gasteiger partial charge in [-0.2, -0.15) is 5.10 Å². The van der Waals surface area contributed by atoms with Crippen LogP contribution in [0.2, 0.25) is 0 Å². The van der Waals surface area contributed by atoms with Gasteiger partial charge in [-0.3, -0.25) is 9.48 Å². The minimum Gasteiger partial charge on any atom is -0.352 e. The highest BCUT2D eigenvalue weighted by Gasteiger charge is 2.16. The Balaban J connectivity index is 1.52. The Morgan fingerprint density at radius 2 is 1.96 bits per heavy atom. The second-order valence-electron chi connectivity index (χ2n) is 7.30. The number of aryl methyl sites for hydroxylation is 1. The Kier molecular flexibility index (Phi) is 6.45. The van der Waals surface area contributed by atoms with Crippen molar-refractivity contribution in [3.8, 4) is 0 Å². The normalized spacial score (nSPS) is 15.2. The molecule has 1 aromatic carbocycles. The smallest absolute Gasteiger partial charge is 0.220 e. The van der Waals surface area contributed by atoms with Crippen LogP contribution in [0, 0.1) is 19.8 Å². The van der Waals surface area contributed by atoms with Crippen LogP contribution in [0.1, 0.15) is 48.2 Å². The fourth-order valence-corrected chi connectivity index (χ4v) is 3.68. The quantitative estimate of drug-likeness (QED) is 0.804. The lowest BCUT2D eigenvalue weighted by Crippen LogP contribution is -2.29. The van der Waals surface area contributed by atoms with E-state index in [9.17, 15) is 4.79 Å². The predicted molar refractivity (Wildman–Crippen MR) is 104 cm³/mol. The summed E-state index contributed by atoms with van der Waals surface area (Å²) < 4.78 is 2.03. The lowest BCUT2D eigenvalue weighted by atomic mass is 9.93. The topological polar surface area (TPSA) is 59.0 Å². The number of hydrogen-bond donors (Lipinski definition) is 2. The van der Waals surface area contributed by atoms with Gasteiger partial charge in [-0.15, -0.1) is 0 Å². The van der Waals surface area contributed by atoms with Gasteiger partial charge in [-0.1, -0.05) is 30.3 Å². The van der Waals surface area contributed by atoms with E-state index in [1.165, 1.54) is 18.4 Å². The van der Waals surface area contributed by atoms with Gasteiger partial charge in [0.1, 0.15) is 0 Å². The van der Waals surface area contributed by atoms with Crippen molar-refractivity contribution in [2.45, 2.75) is 52.6 Å². The van der Waals surface area contributed by atoms with Crippen molar-refractivity contribution in [1.82, 2.24) is 20.4 Å². The summed E-state index contributed by atoms with van der Waals surface area (Å²) >= 11 is 0. The third-order valence-electron chi connectivity index (χ3n) is 5.41. The first-order valence-electron chi connectivity index (χ1n) is 9.67. The number of benzene rings is 1. The molecule has 2 N–H and O–H groups in total. The zero-order valence-corrected chi connectivity index (χ0v) is 15.9. The number of carbonyl (C=O) groups is 1. The number of aromatic nitrogens is 2. The summed E-state index contributed by atoms with van der Waals surface area (Å²) in [5.41, 5.74) is 4.49. The average Bonchev–Trinajstić information content (AvgIpc) is 2.93. The molecule has 0 aliphatic carbocycles. The first kappa shape index (κ1) is 18.6. The van der Waals surface area contributed by atoms with E-state index in [2.05, 4.69) is 34.8 Å². The molecule has 1 amide bonds. The number of hydrogen-bond acceptors (Lipinski definition) is 3. The Morgan fingerprint density at radius 3 is 2.69 bits per heavy atom. The average molecular weight is 354 g/mol. The second-order valence-corrected chi connectivity index (χ2v) is 7.30. The summed E-state index contributed by atoms with van der Waals surface area (Å²) in [5.74, 6) is 0.845. The number of rotatable bonds is 7. The molecule has 2 aromatic rings. The second kappa shape index (κ2) is 8.99. The highest BCUT2D eigenvalue weighted by molar-refractivity contribution is 5.75. The third kappa shape index (κ3) is 4.94. The van der Waals surface area contributed by atoms with E-state index in [0.29, 0.717) is 18.9 Å². The number of amides is 1. The molecule has 5 nitrogen and oxygen atoms in total. The van der Waals surface area contributed by atoms with E-state index in [0.717, 1.165) is 43.0 Å². The fourth-order valence-electron chi connectivity index (χ4n) is 3.68. The van der Waals surface area contributed by atoms with E-state index in [4.69, 9.17) is 0 Å². The maximum absolute atomic E-state index is 12.2. The van der Waals surface area contributed by atoms with Crippen LogP contribution in [-0.2, 0) is 17.9 Å². The largest absolute Gasteiger partial charge is 0.352 e. The van der Waals surface area contributed by atoms with Crippen molar-refractivity contribution >= 4 is 5.91 Å². The Hall–Kier alpha value is -2.14. The van der Waals surface area contributed by atoms with E-state index in [1.54, 1.807) is 0 Å². The highest BCUT2D eigenvalue weighted by atomic mass is 16.1. The Morgan fingerprint density at radius 1 is 1.23 bits per heavy atom. The number of carbonyl (C=O) groups excluding carboxylic acids is 1. The predicted octanol–water partition coefficient (Wildman–Crippen LogP) is 2.94. The summed E-state index contributed by atoms with van der Waals surface area (Å²) in [6.07, 6.45) is 4.01. The first-order chi connectivity index (χ1) is 12.6. The van der Waals surface area contributed by atoms with Crippen LogP contribution in [0.3, 0.4) is 0 Å². The molecule has 140 valence electrons. The van der Waals surface area contributed by atoms with Gasteiger partial charge in [0.2, 0.25) is 5.91 Å². The van der Waals surface area contributed by atoms with E-state index in [1.807, 2.05) is 29.8 Å². The van der Waals surface area contributed by atoms with Crippen molar-refractivity contribution in [2.75, 3.05) is 13.1 Å². The minimum absolute atomic E-state index is 0.151. The lowest BCUT2D eigenvalue weighted by molar-refractivity contribution is -0.121. The van der Waals surface area contributed by atoms with E-state index in [-0.39, 0.29) is 5.91 Å². The zero-order chi connectivity index (χ0) is 18.4. The molecule has 1 saturated heterocycles. The van der Waals surface area contributed by atoms with E-state index < -0.39 is 0 Å². The van der Waals surface area contributed by atoms with Crippen LogP contribution < -0.4 is 10.6 Å². The molecule has 1 aromatic heterocycles. The first-order valence-corrected chi connectivity index (χ1v) is 9.67. The third-order valence-corrected chi connectivity index (χ3v) is 5.41. The molecule has 1 aliphatic heterocycles. The molecule has 1 fully saturated rings. The molecule has 2 heterocycles. The summed E-state index contributed by atoms with van der Waals surface area (Å²) in [7, 11) is 0. The van der Waals surface area contributed by atoms with Crippen molar-refractivity contribution in [3.63, 3.8) is 0 Å². The lowest BCUT2D eigenvalue weighted by Gasteiger charge is -2.22. The summed E-state index contributed by atoms with van der Waals surface area (Å²) in [4.78, 5) is 12.2. The van der Waals surface area contributed by atoms with Crippen molar-refractivity contribution < 1.29 is 4.79 Å². The molecule has 1 aliphatic rings. The number of nitrogens with one attached hydrogen (secondary N) is 2. The van der Waals surface area contributed by atoms with Gasteiger partial charge in [-0.25, -0.2) is 0 Å². The van der Waals surface area contributed by atoms with Crippen LogP contribution in [0.25, 0.3) is 0 Å². The van der Waals surface area contributed by atoms with Crippen LogP contribution in [-0.4, -0.2) is 28.8 Å². The Bertz CT molecular complexity index is 717. The summed E-state index contributed by atoms with van der Waals surface area (Å²) in [6.45, 7) is 7.61. The Labute approximate surface area is 156 Å². The molecule has 0 spiro atoms. The molecule has 26 heavy (non-hydrogen) atoms. The van der Waals surface area contributed by atoms with E-state index >= 15 is 0 Å². The molecular weight excluding hydrogens is 324 g/mol. The monoisotopic (exact) mass is 354 g/mol. The van der Waals surface area contributed by atoms with Gasteiger partial charge in [-0.05, 0) is 57.7 Å². The van der Waals surface area contributed by atoms with Gasteiger partial charge in [0.15, 0.2) is 0 Å². The number of piperidine rings is 1. The van der Waals surface area contributed by atoms with Gasteiger partial charge in [0.05, 0.1) is 12.2 Å².